The SMILES string of the molecule is O=C(NC1CCOc2ccccc21)c1ccc(S(=O)(=O)N2CCCC2)cc1. The molecule has 1 N–H and O–H groups in total. The molecule has 0 radical (unpaired) electrons. The normalized spacial score (nSPS) is 19.9. The maximum absolute atomic E-state index is 12.6. The lowest BCUT2D eigenvalue weighted by molar-refractivity contribution is 0.0924. The number of carbonyl (C=O) groups is 1. The van der Waals surface area contributed by atoms with Crippen LogP contribution < -0.4 is 10.1 Å². The number of hydrogen-bond donors (Lipinski definition) is 1. The molecule has 142 valence electrons. The number of nitrogens with one attached hydrogen (secondary N) is 1. The Morgan fingerprint density at radius 3 is 2.48 bits per heavy atom. The summed E-state index contributed by atoms with van der Waals surface area (Å²) in [7, 11) is -3.46. The Labute approximate surface area is 159 Å². The number of amides is 1. The van der Waals surface area contributed by atoms with Gasteiger partial charge in [0.2, 0.25) is 10.0 Å². The van der Waals surface area contributed by atoms with Gasteiger partial charge in [-0.3, -0.25) is 4.79 Å². The monoisotopic (exact) mass is 386 g/mol. The predicted molar refractivity (Wildman–Crippen MR) is 101 cm³/mol. The van der Waals surface area contributed by atoms with E-state index in [1.54, 1.807) is 12.1 Å². The van der Waals surface area contributed by atoms with Crippen LogP contribution in [0.1, 0.15) is 41.2 Å². The Balaban J connectivity index is 1.49. The average molecular weight is 386 g/mol. The molecule has 6 nitrogen and oxygen atoms in total. The maximum Gasteiger partial charge on any atom is 0.251 e. The smallest absolute Gasteiger partial charge is 0.251 e. The number of para-hydroxylation sites is 1. The number of ether oxygens (including phenoxy) is 1. The summed E-state index contributed by atoms with van der Waals surface area (Å²) in [6.45, 7) is 1.68. The molecule has 1 unspecified atom stereocenters. The van der Waals surface area contributed by atoms with Crippen LogP contribution in [0.4, 0.5) is 0 Å². The van der Waals surface area contributed by atoms with E-state index < -0.39 is 10.0 Å². The molecule has 7 heteroatoms. The van der Waals surface area contributed by atoms with Crippen molar-refractivity contribution in [3.05, 3.63) is 59.7 Å². The van der Waals surface area contributed by atoms with Gasteiger partial charge in [0.15, 0.2) is 0 Å². The van der Waals surface area contributed by atoms with E-state index in [1.807, 2.05) is 24.3 Å². The Hall–Kier alpha value is -2.38. The van der Waals surface area contributed by atoms with Gasteiger partial charge in [0, 0.05) is 30.6 Å². The molecule has 1 amide bonds. The Morgan fingerprint density at radius 1 is 1.04 bits per heavy atom. The number of nitrogens with zero attached hydrogens (tertiary/aromatic N) is 1. The quantitative estimate of drug-likeness (QED) is 0.877. The van der Waals surface area contributed by atoms with Gasteiger partial charge in [-0.2, -0.15) is 4.31 Å². The molecule has 2 aromatic rings. The molecular weight excluding hydrogens is 364 g/mol. The molecule has 1 saturated heterocycles. The third kappa shape index (κ3) is 3.57. The second kappa shape index (κ2) is 7.32. The molecule has 1 atom stereocenters. The number of sulfonamides is 1. The number of rotatable bonds is 4. The van der Waals surface area contributed by atoms with Crippen LogP contribution in [-0.4, -0.2) is 38.3 Å². The van der Waals surface area contributed by atoms with Crippen molar-refractivity contribution in [1.82, 2.24) is 9.62 Å². The number of hydrogen-bond acceptors (Lipinski definition) is 4. The van der Waals surface area contributed by atoms with Gasteiger partial charge in [-0.05, 0) is 43.2 Å². The minimum absolute atomic E-state index is 0.115. The van der Waals surface area contributed by atoms with Crippen LogP contribution >= 0.6 is 0 Å². The summed E-state index contributed by atoms with van der Waals surface area (Å²) in [6, 6.07) is 13.7. The zero-order valence-corrected chi connectivity index (χ0v) is 15.7. The second-order valence-corrected chi connectivity index (χ2v) is 8.77. The van der Waals surface area contributed by atoms with Crippen molar-refractivity contribution in [1.29, 1.82) is 0 Å². The maximum atomic E-state index is 12.6. The highest BCUT2D eigenvalue weighted by Gasteiger charge is 2.27. The first-order chi connectivity index (χ1) is 13.1. The van der Waals surface area contributed by atoms with Gasteiger partial charge in [-0.1, -0.05) is 18.2 Å². The van der Waals surface area contributed by atoms with E-state index in [4.69, 9.17) is 4.74 Å². The molecular formula is C20H22N2O4S. The van der Waals surface area contributed by atoms with E-state index in [9.17, 15) is 13.2 Å². The molecule has 4 rings (SSSR count). The lowest BCUT2D eigenvalue weighted by Gasteiger charge is -2.26. The van der Waals surface area contributed by atoms with E-state index in [1.165, 1.54) is 16.4 Å². The van der Waals surface area contributed by atoms with Crippen molar-refractivity contribution in [3.63, 3.8) is 0 Å². The fourth-order valence-corrected chi connectivity index (χ4v) is 5.11. The highest BCUT2D eigenvalue weighted by Crippen LogP contribution is 2.31. The van der Waals surface area contributed by atoms with Gasteiger partial charge in [0.05, 0.1) is 17.5 Å². The van der Waals surface area contributed by atoms with Crippen molar-refractivity contribution in [2.24, 2.45) is 0 Å². The first kappa shape index (κ1) is 18.0. The molecule has 1 fully saturated rings. The van der Waals surface area contributed by atoms with Crippen LogP contribution in [0.15, 0.2) is 53.4 Å². The highest BCUT2D eigenvalue weighted by molar-refractivity contribution is 7.89. The Kier molecular flexibility index (Phi) is 4.88. The van der Waals surface area contributed by atoms with Gasteiger partial charge in [0.1, 0.15) is 5.75 Å². The van der Waals surface area contributed by atoms with E-state index >= 15 is 0 Å². The van der Waals surface area contributed by atoms with Gasteiger partial charge in [-0.25, -0.2) is 8.42 Å². The second-order valence-electron chi connectivity index (χ2n) is 6.84. The van der Waals surface area contributed by atoms with Crippen LogP contribution in [-0.2, 0) is 10.0 Å². The van der Waals surface area contributed by atoms with Gasteiger partial charge in [0.25, 0.3) is 5.91 Å². The molecule has 0 bridgehead atoms. The lowest BCUT2D eigenvalue weighted by Crippen LogP contribution is -2.32. The van der Waals surface area contributed by atoms with Crippen LogP contribution in [0.5, 0.6) is 5.75 Å². The molecule has 2 aliphatic heterocycles. The summed E-state index contributed by atoms with van der Waals surface area (Å²) < 4.78 is 32.3. The minimum Gasteiger partial charge on any atom is -0.493 e. The van der Waals surface area contributed by atoms with Crippen molar-refractivity contribution in [3.8, 4) is 5.75 Å². The molecule has 27 heavy (non-hydrogen) atoms. The van der Waals surface area contributed by atoms with E-state index in [2.05, 4.69) is 5.32 Å². The van der Waals surface area contributed by atoms with Crippen molar-refractivity contribution in [2.45, 2.75) is 30.2 Å². The fourth-order valence-electron chi connectivity index (χ4n) is 3.59. The number of benzene rings is 2. The summed E-state index contributed by atoms with van der Waals surface area (Å²) in [5.74, 6) is 0.572. The largest absolute Gasteiger partial charge is 0.493 e. The van der Waals surface area contributed by atoms with Crippen LogP contribution in [0.2, 0.25) is 0 Å². The molecule has 2 aliphatic rings. The highest BCUT2D eigenvalue weighted by atomic mass is 32.2. The lowest BCUT2D eigenvalue weighted by atomic mass is 10.00. The molecule has 0 spiro atoms. The van der Waals surface area contributed by atoms with E-state index in [0.29, 0.717) is 31.7 Å². The molecule has 0 saturated carbocycles. The molecule has 2 heterocycles. The van der Waals surface area contributed by atoms with E-state index in [-0.39, 0.29) is 16.8 Å². The van der Waals surface area contributed by atoms with Crippen LogP contribution in [0.3, 0.4) is 0 Å². The zero-order chi connectivity index (χ0) is 18.9. The summed E-state index contributed by atoms with van der Waals surface area (Å²) >= 11 is 0. The third-order valence-electron chi connectivity index (χ3n) is 5.08. The Morgan fingerprint density at radius 2 is 1.74 bits per heavy atom. The predicted octanol–water partition coefficient (Wildman–Crippen LogP) is 2.72. The van der Waals surface area contributed by atoms with Crippen molar-refractivity contribution >= 4 is 15.9 Å². The van der Waals surface area contributed by atoms with E-state index in [0.717, 1.165) is 24.2 Å². The van der Waals surface area contributed by atoms with Gasteiger partial charge in [-0.15, -0.1) is 0 Å². The van der Waals surface area contributed by atoms with Crippen molar-refractivity contribution < 1.29 is 17.9 Å². The molecule has 0 aliphatic carbocycles. The van der Waals surface area contributed by atoms with Crippen LogP contribution in [0, 0.1) is 0 Å². The Bertz CT molecular complexity index is 935. The summed E-state index contributed by atoms with van der Waals surface area (Å²) in [5.41, 5.74) is 1.41. The van der Waals surface area contributed by atoms with Crippen LogP contribution in [0.25, 0.3) is 0 Å². The summed E-state index contributed by atoms with van der Waals surface area (Å²) in [5, 5.41) is 3.03. The summed E-state index contributed by atoms with van der Waals surface area (Å²) in [6.07, 6.45) is 2.49. The number of fused-ring (bicyclic) bond motifs is 1. The van der Waals surface area contributed by atoms with Gasteiger partial charge >= 0.3 is 0 Å². The molecule has 2 aromatic carbocycles. The number of carbonyl (C=O) groups excluding carboxylic acids is 1. The first-order valence-corrected chi connectivity index (χ1v) is 10.6. The summed E-state index contributed by atoms with van der Waals surface area (Å²) in [4.78, 5) is 12.9. The first-order valence-electron chi connectivity index (χ1n) is 9.18. The average Bonchev–Trinajstić information content (AvgIpc) is 3.24. The van der Waals surface area contributed by atoms with Gasteiger partial charge < -0.3 is 10.1 Å². The minimum atomic E-state index is -3.46. The fraction of sp³-hybridized carbons (Fsp3) is 0.350. The topological polar surface area (TPSA) is 75.7 Å². The third-order valence-corrected chi connectivity index (χ3v) is 7.00. The zero-order valence-electron chi connectivity index (χ0n) is 14.9. The van der Waals surface area contributed by atoms with Crippen molar-refractivity contribution in [2.75, 3.05) is 19.7 Å². The molecule has 0 aromatic heterocycles. The standard InChI is InChI=1S/C20H22N2O4S/c23-20(21-18-11-14-26-19-6-2-1-5-17(18)19)15-7-9-16(10-8-15)27(24,25)22-12-3-4-13-22/h1-2,5-10,18H,3-4,11-14H2,(H,21,23).